The van der Waals surface area contributed by atoms with Crippen LogP contribution in [0.15, 0.2) is 0 Å². The summed E-state index contributed by atoms with van der Waals surface area (Å²) in [6.07, 6.45) is 31.0. The number of hydrogen-bond acceptors (Lipinski definition) is 0. The molecule has 0 nitrogen and oxygen atoms in total. The van der Waals surface area contributed by atoms with Gasteiger partial charge in [0.2, 0.25) is 0 Å². The van der Waals surface area contributed by atoms with E-state index < -0.39 is 0 Å². The van der Waals surface area contributed by atoms with Gasteiger partial charge in [-0.05, 0) is 48.3 Å². The van der Waals surface area contributed by atoms with E-state index in [4.69, 9.17) is 0 Å². The average Bonchev–Trinajstić information content (AvgIpc) is 3.56. The van der Waals surface area contributed by atoms with Gasteiger partial charge in [0.25, 0.3) is 0 Å². The second-order valence-electron chi connectivity index (χ2n) is 12.8. The molecule has 1 rings (SSSR count). The second kappa shape index (κ2) is 20.2. The molecule has 5 atom stereocenters. The molecule has 5 unspecified atom stereocenters. The third kappa shape index (κ3) is 16.3. The third-order valence-electron chi connectivity index (χ3n) is 8.92. The van der Waals surface area contributed by atoms with Gasteiger partial charge in [0.1, 0.15) is 0 Å². The molecule has 0 saturated heterocycles. The van der Waals surface area contributed by atoms with Gasteiger partial charge in [0.05, 0.1) is 0 Å². The second-order valence-corrected chi connectivity index (χ2v) is 12.8. The molecule has 0 aliphatic heterocycles. The molecule has 0 heteroatoms. The van der Waals surface area contributed by atoms with Crippen molar-refractivity contribution in [3.63, 3.8) is 0 Å². The minimum absolute atomic E-state index is 0.891. The minimum Gasteiger partial charge on any atom is -0.0654 e. The van der Waals surface area contributed by atoms with Gasteiger partial charge < -0.3 is 0 Å². The lowest BCUT2D eigenvalue weighted by Gasteiger charge is -2.26. The number of unbranched alkanes of at least 4 members (excludes halogenated alkanes) is 11. The van der Waals surface area contributed by atoms with Crippen molar-refractivity contribution in [1.29, 1.82) is 0 Å². The Kier molecular flexibility index (Phi) is 19.0. The molecule has 198 valence electrons. The van der Waals surface area contributed by atoms with Gasteiger partial charge in [0.15, 0.2) is 0 Å². The molecule has 1 saturated carbocycles. The molecule has 0 aromatic heterocycles. The Balaban J connectivity index is 2.28. The smallest absolute Gasteiger partial charge is 0.0352 e. The van der Waals surface area contributed by atoms with Crippen molar-refractivity contribution in [2.75, 3.05) is 0 Å². The maximum absolute atomic E-state index is 2.63. The molecule has 0 amide bonds. The Morgan fingerprint density at radius 2 is 1.12 bits per heavy atom. The van der Waals surface area contributed by atoms with Crippen molar-refractivity contribution in [3.8, 4) is 0 Å². The predicted octanol–water partition coefficient (Wildman–Crippen LogP) is 12.0. The van der Waals surface area contributed by atoms with Crippen LogP contribution in [0.25, 0.3) is 0 Å². The van der Waals surface area contributed by atoms with E-state index in [1.807, 2.05) is 0 Å². The monoisotopic (exact) mass is 463 g/mol. The predicted molar refractivity (Wildman–Crippen MR) is 152 cm³/mol. The van der Waals surface area contributed by atoms with E-state index in [-0.39, 0.29) is 0 Å². The highest BCUT2D eigenvalue weighted by molar-refractivity contribution is 4.93. The summed E-state index contributed by atoms with van der Waals surface area (Å²) < 4.78 is 0. The summed E-state index contributed by atoms with van der Waals surface area (Å²) in [5.41, 5.74) is 0. The molecule has 0 aromatic carbocycles. The summed E-state index contributed by atoms with van der Waals surface area (Å²) in [7, 11) is 0. The van der Waals surface area contributed by atoms with E-state index in [2.05, 4.69) is 41.5 Å². The standard InChI is InChI=1S/C33H66/c1-7-9-11-19-23-31-27-33(31)32(30(6)26-25-29(5)22-10-8-2)24-20-17-15-13-12-14-16-18-21-28(3)4/h28-33H,7-27H2,1-6H3. The van der Waals surface area contributed by atoms with Crippen molar-refractivity contribution < 1.29 is 0 Å². The zero-order chi connectivity index (χ0) is 24.3. The molecular formula is C33H66. The van der Waals surface area contributed by atoms with Crippen LogP contribution >= 0.6 is 0 Å². The summed E-state index contributed by atoms with van der Waals surface area (Å²) in [6, 6.07) is 0. The first kappa shape index (κ1) is 31.0. The van der Waals surface area contributed by atoms with E-state index in [0.717, 1.165) is 35.5 Å². The van der Waals surface area contributed by atoms with Gasteiger partial charge in [-0.15, -0.1) is 0 Å². The quantitative estimate of drug-likeness (QED) is 0.125. The van der Waals surface area contributed by atoms with Crippen molar-refractivity contribution >= 4 is 0 Å². The number of hydrogen-bond donors (Lipinski definition) is 0. The number of rotatable bonds is 24. The lowest BCUT2D eigenvalue weighted by molar-refractivity contribution is 0.244. The highest BCUT2D eigenvalue weighted by atomic mass is 14.5. The molecule has 0 bridgehead atoms. The van der Waals surface area contributed by atoms with Gasteiger partial charge >= 0.3 is 0 Å². The zero-order valence-corrected chi connectivity index (χ0v) is 24.3. The highest BCUT2D eigenvalue weighted by Gasteiger charge is 2.43. The maximum atomic E-state index is 2.63. The van der Waals surface area contributed by atoms with Crippen molar-refractivity contribution in [3.05, 3.63) is 0 Å². The van der Waals surface area contributed by atoms with E-state index in [1.165, 1.54) is 128 Å². The summed E-state index contributed by atoms with van der Waals surface area (Å²) in [5, 5.41) is 0. The maximum Gasteiger partial charge on any atom is -0.0352 e. The van der Waals surface area contributed by atoms with E-state index in [9.17, 15) is 0 Å². The zero-order valence-electron chi connectivity index (χ0n) is 24.3. The van der Waals surface area contributed by atoms with Crippen LogP contribution in [0.1, 0.15) is 176 Å². The van der Waals surface area contributed by atoms with Gasteiger partial charge in [-0.25, -0.2) is 0 Å². The normalized spacial score (nSPS) is 20.8. The fourth-order valence-electron chi connectivity index (χ4n) is 6.33. The highest BCUT2D eigenvalue weighted by Crippen LogP contribution is 2.52. The van der Waals surface area contributed by atoms with E-state index >= 15 is 0 Å². The first-order valence-corrected chi connectivity index (χ1v) is 16.0. The van der Waals surface area contributed by atoms with Gasteiger partial charge in [0, 0.05) is 0 Å². The fraction of sp³-hybridized carbons (Fsp3) is 1.00. The molecule has 1 fully saturated rings. The SMILES string of the molecule is CCCCCCC1CC1C(CCCCCCCCCCC(C)C)C(C)CCC(C)CCCC. The van der Waals surface area contributed by atoms with Crippen LogP contribution in [0, 0.1) is 35.5 Å². The van der Waals surface area contributed by atoms with Crippen LogP contribution in [0.3, 0.4) is 0 Å². The Labute approximate surface area is 211 Å². The van der Waals surface area contributed by atoms with E-state index in [0.29, 0.717) is 0 Å². The van der Waals surface area contributed by atoms with Crippen LogP contribution in [0.2, 0.25) is 0 Å². The molecular weight excluding hydrogens is 396 g/mol. The van der Waals surface area contributed by atoms with Crippen LogP contribution in [-0.4, -0.2) is 0 Å². The van der Waals surface area contributed by atoms with Crippen LogP contribution in [0.4, 0.5) is 0 Å². The Hall–Kier alpha value is 0. The van der Waals surface area contributed by atoms with Crippen molar-refractivity contribution in [2.24, 2.45) is 35.5 Å². The molecule has 0 radical (unpaired) electrons. The third-order valence-corrected chi connectivity index (χ3v) is 8.92. The Bertz CT molecular complexity index is 410. The molecule has 0 N–H and O–H groups in total. The average molecular weight is 463 g/mol. The molecule has 0 spiro atoms. The lowest BCUT2D eigenvalue weighted by Crippen LogP contribution is -2.16. The van der Waals surface area contributed by atoms with Gasteiger partial charge in [-0.3, -0.25) is 0 Å². The lowest BCUT2D eigenvalue weighted by atomic mass is 9.80. The van der Waals surface area contributed by atoms with Crippen molar-refractivity contribution in [2.45, 2.75) is 176 Å². The van der Waals surface area contributed by atoms with E-state index in [1.54, 1.807) is 6.42 Å². The summed E-state index contributed by atoms with van der Waals surface area (Å²) in [4.78, 5) is 0. The summed E-state index contributed by atoms with van der Waals surface area (Å²) in [5.74, 6) is 6.02. The largest absolute Gasteiger partial charge is 0.0654 e. The summed E-state index contributed by atoms with van der Waals surface area (Å²) in [6.45, 7) is 14.5. The Morgan fingerprint density at radius 1 is 0.545 bits per heavy atom. The van der Waals surface area contributed by atoms with Crippen LogP contribution < -0.4 is 0 Å². The molecule has 33 heavy (non-hydrogen) atoms. The fourth-order valence-corrected chi connectivity index (χ4v) is 6.33. The first-order valence-electron chi connectivity index (χ1n) is 16.0. The Morgan fingerprint density at radius 3 is 1.73 bits per heavy atom. The molecule has 0 aromatic rings. The van der Waals surface area contributed by atoms with Crippen molar-refractivity contribution in [1.82, 2.24) is 0 Å². The van der Waals surface area contributed by atoms with Crippen LogP contribution in [0.5, 0.6) is 0 Å². The topological polar surface area (TPSA) is 0 Å². The van der Waals surface area contributed by atoms with Gasteiger partial charge in [-0.1, -0.05) is 164 Å². The van der Waals surface area contributed by atoms with Crippen LogP contribution in [-0.2, 0) is 0 Å². The summed E-state index contributed by atoms with van der Waals surface area (Å²) >= 11 is 0. The minimum atomic E-state index is 0.891. The molecule has 0 heterocycles. The first-order chi connectivity index (χ1) is 16.0. The molecule has 1 aliphatic carbocycles. The molecule has 1 aliphatic rings. The van der Waals surface area contributed by atoms with Gasteiger partial charge in [-0.2, -0.15) is 0 Å².